The van der Waals surface area contributed by atoms with Crippen LogP contribution in [0.25, 0.3) is 0 Å². The number of morpholine rings is 1. The summed E-state index contributed by atoms with van der Waals surface area (Å²) in [5, 5.41) is 15.3. The number of rotatable bonds is 7. The number of thiocarbonyl (C=S) groups is 1. The molecule has 2 saturated heterocycles. The van der Waals surface area contributed by atoms with E-state index in [0.717, 1.165) is 57.1 Å². The smallest absolute Gasteiger partial charge is 0.174 e. The maximum Gasteiger partial charge on any atom is 0.174 e. The Morgan fingerprint density at radius 2 is 1.94 bits per heavy atom. The van der Waals surface area contributed by atoms with E-state index in [1.807, 2.05) is 23.1 Å². The Bertz CT molecular complexity index is 1230. The van der Waals surface area contributed by atoms with Crippen LogP contribution >= 0.6 is 23.8 Å². The van der Waals surface area contributed by atoms with Gasteiger partial charge in [0.25, 0.3) is 0 Å². The molecular formula is C27H32ClN5O2S. The molecule has 2 atom stereocenters. The van der Waals surface area contributed by atoms with E-state index < -0.39 is 0 Å². The van der Waals surface area contributed by atoms with Crippen molar-refractivity contribution in [3.63, 3.8) is 0 Å². The molecule has 0 spiro atoms. The number of aryl methyl sites for hydroxylation is 1. The summed E-state index contributed by atoms with van der Waals surface area (Å²) >= 11 is 12.2. The molecule has 2 aliphatic rings. The van der Waals surface area contributed by atoms with Gasteiger partial charge in [-0.25, -0.2) is 0 Å². The van der Waals surface area contributed by atoms with Gasteiger partial charge in [-0.15, -0.1) is 0 Å². The van der Waals surface area contributed by atoms with Gasteiger partial charge in [-0.2, -0.15) is 0 Å². The number of hydrogen-bond acceptors (Lipinski definition) is 5. The second-order valence-electron chi connectivity index (χ2n) is 9.42. The summed E-state index contributed by atoms with van der Waals surface area (Å²) in [6, 6.07) is 12.8. The quantitative estimate of drug-likeness (QED) is 0.431. The average molecular weight is 526 g/mol. The molecule has 7 nitrogen and oxygen atoms in total. The maximum atomic E-state index is 10.8. The fraction of sp³-hybridized carbons (Fsp3) is 0.407. The van der Waals surface area contributed by atoms with Gasteiger partial charge < -0.3 is 24.6 Å². The number of pyridine rings is 1. The lowest BCUT2D eigenvalue weighted by Gasteiger charge is -2.29. The molecule has 0 amide bonds. The predicted octanol–water partition coefficient (Wildman–Crippen LogP) is 4.76. The minimum Gasteiger partial charge on any atom is -0.506 e. The van der Waals surface area contributed by atoms with E-state index in [0.29, 0.717) is 15.8 Å². The zero-order valence-corrected chi connectivity index (χ0v) is 22.2. The van der Waals surface area contributed by atoms with E-state index in [-0.39, 0.29) is 17.8 Å². The van der Waals surface area contributed by atoms with Gasteiger partial charge in [0.15, 0.2) is 5.11 Å². The summed E-state index contributed by atoms with van der Waals surface area (Å²) in [6.07, 6.45) is 2.87. The van der Waals surface area contributed by atoms with E-state index in [2.05, 4.69) is 39.7 Å². The minimum atomic E-state index is -0.198. The average Bonchev–Trinajstić information content (AvgIpc) is 3.37. The third kappa shape index (κ3) is 4.95. The highest BCUT2D eigenvalue weighted by Gasteiger charge is 2.43. The first-order chi connectivity index (χ1) is 17.4. The minimum absolute atomic E-state index is 0.134. The topological polar surface area (TPSA) is 65.8 Å². The number of aromatic nitrogens is 2. The molecule has 0 unspecified atom stereocenters. The SMILES string of the molecule is Cc1cc([C@@H]2[C@H](c3ccccn3)NC(=S)N2c2cc(Cl)ccc2O)c(C)n1CCCN1CCOCC1. The van der Waals surface area contributed by atoms with Crippen molar-refractivity contribution in [3.05, 3.63) is 76.3 Å². The largest absolute Gasteiger partial charge is 0.506 e. The van der Waals surface area contributed by atoms with Crippen LogP contribution in [0.3, 0.4) is 0 Å². The van der Waals surface area contributed by atoms with Gasteiger partial charge in [-0.1, -0.05) is 17.7 Å². The Kier molecular flexibility index (Phi) is 7.48. The molecule has 2 aromatic heterocycles. The summed E-state index contributed by atoms with van der Waals surface area (Å²) in [6.45, 7) is 9.98. The molecule has 0 aliphatic carbocycles. The van der Waals surface area contributed by atoms with Gasteiger partial charge in [-0.3, -0.25) is 9.88 Å². The lowest BCUT2D eigenvalue weighted by atomic mass is 9.96. The number of halogens is 1. The number of aromatic hydroxyl groups is 1. The van der Waals surface area contributed by atoms with Crippen molar-refractivity contribution in [1.82, 2.24) is 19.8 Å². The second-order valence-corrected chi connectivity index (χ2v) is 10.2. The molecule has 190 valence electrons. The highest BCUT2D eigenvalue weighted by atomic mass is 35.5. The molecule has 0 bridgehead atoms. The van der Waals surface area contributed by atoms with Crippen LogP contribution in [-0.2, 0) is 11.3 Å². The van der Waals surface area contributed by atoms with Gasteiger partial charge in [0.1, 0.15) is 5.75 Å². The molecular weight excluding hydrogens is 494 g/mol. The van der Waals surface area contributed by atoms with Crippen LogP contribution in [0.1, 0.15) is 41.1 Å². The van der Waals surface area contributed by atoms with Crippen molar-refractivity contribution in [2.24, 2.45) is 0 Å². The molecule has 5 rings (SSSR count). The molecule has 4 heterocycles. The number of hydrogen-bond donors (Lipinski definition) is 2. The monoisotopic (exact) mass is 525 g/mol. The van der Waals surface area contributed by atoms with Gasteiger partial charge in [0, 0.05) is 48.8 Å². The van der Waals surface area contributed by atoms with Crippen LogP contribution in [0.2, 0.25) is 5.02 Å². The standard InChI is InChI=1S/C27H32ClN5O2S/c1-18-16-21(19(2)32(18)11-5-10-31-12-14-35-15-13-31)26-25(22-6-3-4-9-29-22)30-27(36)33(26)23-17-20(28)7-8-24(23)34/h3-4,6-9,16-17,25-26,34H,5,10-15H2,1-2H3,(H,30,36)/t25-,26+/m0/s1. The third-order valence-electron chi connectivity index (χ3n) is 7.19. The van der Waals surface area contributed by atoms with Crippen LogP contribution in [0.15, 0.2) is 48.7 Å². The lowest BCUT2D eigenvalue weighted by molar-refractivity contribution is 0.0369. The van der Waals surface area contributed by atoms with Gasteiger partial charge in [0.2, 0.25) is 0 Å². The van der Waals surface area contributed by atoms with Gasteiger partial charge >= 0.3 is 0 Å². The molecule has 9 heteroatoms. The summed E-state index contributed by atoms with van der Waals surface area (Å²) in [4.78, 5) is 9.09. The van der Waals surface area contributed by atoms with Crippen molar-refractivity contribution in [1.29, 1.82) is 0 Å². The number of benzene rings is 1. The molecule has 0 radical (unpaired) electrons. The molecule has 3 aromatic rings. The van der Waals surface area contributed by atoms with Crippen LogP contribution in [0.4, 0.5) is 5.69 Å². The van der Waals surface area contributed by atoms with Crippen LogP contribution < -0.4 is 10.2 Å². The van der Waals surface area contributed by atoms with Crippen molar-refractivity contribution >= 4 is 34.6 Å². The zero-order chi connectivity index (χ0) is 25.2. The Morgan fingerprint density at radius 3 is 2.69 bits per heavy atom. The summed E-state index contributed by atoms with van der Waals surface area (Å²) < 4.78 is 7.87. The normalized spacial score (nSPS) is 20.6. The molecule has 1 aromatic carbocycles. The van der Waals surface area contributed by atoms with Gasteiger partial charge in [0.05, 0.1) is 36.7 Å². The maximum absolute atomic E-state index is 10.8. The van der Waals surface area contributed by atoms with E-state index in [4.69, 9.17) is 28.6 Å². The number of nitrogens with one attached hydrogen (secondary N) is 1. The van der Waals surface area contributed by atoms with Crippen LogP contribution in [0.5, 0.6) is 5.75 Å². The Labute approximate surface area is 222 Å². The third-order valence-corrected chi connectivity index (χ3v) is 7.74. The van der Waals surface area contributed by atoms with Crippen molar-refractivity contribution in [3.8, 4) is 5.75 Å². The number of phenolic OH excluding ortho intramolecular Hbond substituents is 1. The van der Waals surface area contributed by atoms with E-state index >= 15 is 0 Å². The van der Waals surface area contributed by atoms with Crippen molar-refractivity contribution < 1.29 is 9.84 Å². The fourth-order valence-electron chi connectivity index (χ4n) is 5.37. The lowest BCUT2D eigenvalue weighted by Crippen LogP contribution is -2.37. The summed E-state index contributed by atoms with van der Waals surface area (Å²) in [5.41, 5.74) is 5.03. The number of phenols is 1. The number of ether oxygens (including phenoxy) is 1. The molecule has 2 N–H and O–H groups in total. The number of nitrogens with zero attached hydrogens (tertiary/aromatic N) is 4. The van der Waals surface area contributed by atoms with E-state index in [9.17, 15) is 5.11 Å². The Balaban J connectivity index is 1.50. The zero-order valence-electron chi connectivity index (χ0n) is 20.7. The molecule has 36 heavy (non-hydrogen) atoms. The second kappa shape index (κ2) is 10.8. The molecule has 0 saturated carbocycles. The first-order valence-corrected chi connectivity index (χ1v) is 13.2. The predicted molar refractivity (Wildman–Crippen MR) is 147 cm³/mol. The molecule has 2 fully saturated rings. The van der Waals surface area contributed by atoms with E-state index in [1.165, 1.54) is 11.4 Å². The van der Waals surface area contributed by atoms with Crippen LogP contribution in [-0.4, -0.2) is 57.5 Å². The summed E-state index contributed by atoms with van der Waals surface area (Å²) in [7, 11) is 0. The van der Waals surface area contributed by atoms with Crippen molar-refractivity contribution in [2.75, 3.05) is 37.7 Å². The Morgan fingerprint density at radius 1 is 1.14 bits per heavy atom. The number of anilines is 1. The Hall–Kier alpha value is -2.65. The highest BCUT2D eigenvalue weighted by Crippen LogP contribution is 2.46. The van der Waals surface area contributed by atoms with E-state index in [1.54, 1.807) is 24.4 Å². The van der Waals surface area contributed by atoms with Crippen LogP contribution in [0, 0.1) is 13.8 Å². The first kappa shape index (κ1) is 25.0. The summed E-state index contributed by atoms with van der Waals surface area (Å²) in [5.74, 6) is 0.134. The van der Waals surface area contributed by atoms with Crippen molar-refractivity contribution in [2.45, 2.75) is 38.9 Å². The van der Waals surface area contributed by atoms with Gasteiger partial charge in [-0.05, 0) is 74.4 Å². The molecule has 2 aliphatic heterocycles. The first-order valence-electron chi connectivity index (χ1n) is 12.4. The fourth-order valence-corrected chi connectivity index (χ4v) is 5.87. The highest BCUT2D eigenvalue weighted by molar-refractivity contribution is 7.80.